The van der Waals surface area contributed by atoms with Gasteiger partial charge in [-0.25, -0.2) is 4.39 Å². The highest BCUT2D eigenvalue weighted by atomic mass is 35.5. The molecular weight excluding hydrogens is 515 g/mol. The third kappa shape index (κ3) is 6.48. The van der Waals surface area contributed by atoms with Gasteiger partial charge in [0.2, 0.25) is 0 Å². The Morgan fingerprint density at radius 2 is 1.84 bits per heavy atom. The molecule has 0 bridgehead atoms. The smallest absolute Gasteiger partial charge is 0.309 e. The second-order valence-electron chi connectivity index (χ2n) is 9.36. The Morgan fingerprint density at radius 3 is 2.49 bits per heavy atom. The maximum absolute atomic E-state index is 15.6. The van der Waals surface area contributed by atoms with Crippen molar-refractivity contribution in [3.8, 4) is 11.5 Å². The van der Waals surface area contributed by atoms with E-state index in [1.54, 1.807) is 44.2 Å². The van der Waals surface area contributed by atoms with Crippen molar-refractivity contribution in [2.75, 3.05) is 39.6 Å². The molecule has 6 nitrogen and oxygen atoms in total. The lowest BCUT2D eigenvalue weighted by Gasteiger charge is -2.39. The second-order valence-corrected chi connectivity index (χ2v) is 10.9. The van der Waals surface area contributed by atoms with Gasteiger partial charge in [-0.15, -0.1) is 11.8 Å². The number of nitrogens with zero attached hydrogens (tertiary/aromatic N) is 2. The molecule has 1 saturated heterocycles. The number of carbonyl (C=O) groups is 1. The van der Waals surface area contributed by atoms with E-state index in [1.807, 2.05) is 24.3 Å². The molecule has 1 unspecified atom stereocenters. The SMILES string of the molecule is COc1ccc(SCCN2CCC(CCC(F)c3c(Cl)cnc4ccc(OC)cc34)(C(=O)O)CC2)cc1. The van der Waals surface area contributed by atoms with E-state index < -0.39 is 17.6 Å². The number of ether oxygens (including phenoxy) is 2. The number of hydrogen-bond acceptors (Lipinski definition) is 6. The average Bonchev–Trinajstić information content (AvgIpc) is 2.92. The first-order valence-corrected chi connectivity index (χ1v) is 13.7. The maximum atomic E-state index is 15.6. The molecule has 1 aliphatic rings. The number of fused-ring (bicyclic) bond motifs is 1. The van der Waals surface area contributed by atoms with Crippen molar-refractivity contribution >= 4 is 40.2 Å². The highest BCUT2D eigenvalue weighted by molar-refractivity contribution is 7.99. The van der Waals surface area contributed by atoms with E-state index in [0.717, 1.165) is 18.0 Å². The van der Waals surface area contributed by atoms with Crippen LogP contribution in [0.4, 0.5) is 4.39 Å². The van der Waals surface area contributed by atoms with Gasteiger partial charge in [-0.1, -0.05) is 11.6 Å². The lowest BCUT2D eigenvalue weighted by Crippen LogP contribution is -2.45. The van der Waals surface area contributed by atoms with Crippen LogP contribution in [0.25, 0.3) is 10.9 Å². The van der Waals surface area contributed by atoms with Crippen molar-refractivity contribution in [3.05, 3.63) is 59.2 Å². The van der Waals surface area contributed by atoms with Crippen LogP contribution in [0.2, 0.25) is 5.02 Å². The Bertz CT molecular complexity index is 1220. The molecule has 0 amide bonds. The Morgan fingerprint density at radius 1 is 1.16 bits per heavy atom. The summed E-state index contributed by atoms with van der Waals surface area (Å²) < 4.78 is 26.1. The topological polar surface area (TPSA) is 71.9 Å². The standard InChI is InChI=1S/C28H32ClFN2O4S/c1-35-19-3-6-21(7-4-19)37-16-15-32-13-11-28(12-14-32,27(33)34)10-9-24(30)26-22-17-20(36-2)5-8-25(22)31-18-23(26)29/h3-8,17-18,24H,9-16H2,1-2H3,(H,33,34). The monoisotopic (exact) mass is 546 g/mol. The number of benzene rings is 2. The highest BCUT2D eigenvalue weighted by Gasteiger charge is 2.41. The fraction of sp³-hybridized carbons (Fsp3) is 0.429. The molecule has 2 aromatic carbocycles. The van der Waals surface area contributed by atoms with Gasteiger partial charge in [0.05, 0.1) is 30.2 Å². The fourth-order valence-corrected chi connectivity index (χ4v) is 6.08. The molecular formula is C28H32ClFN2O4S. The van der Waals surface area contributed by atoms with E-state index in [2.05, 4.69) is 9.88 Å². The molecule has 0 saturated carbocycles. The zero-order valence-corrected chi connectivity index (χ0v) is 22.7. The number of rotatable bonds is 11. The molecule has 1 aromatic heterocycles. The first kappa shape index (κ1) is 27.5. The summed E-state index contributed by atoms with van der Waals surface area (Å²) in [5, 5.41) is 10.9. The zero-order valence-electron chi connectivity index (χ0n) is 21.1. The van der Waals surface area contributed by atoms with Gasteiger partial charge in [0.25, 0.3) is 0 Å². The van der Waals surface area contributed by atoms with Gasteiger partial charge < -0.3 is 19.5 Å². The second kappa shape index (κ2) is 12.3. The predicted molar refractivity (Wildman–Crippen MR) is 146 cm³/mol. The summed E-state index contributed by atoms with van der Waals surface area (Å²) in [6.45, 7) is 2.24. The summed E-state index contributed by atoms with van der Waals surface area (Å²) in [6, 6.07) is 13.2. The zero-order chi connectivity index (χ0) is 26.4. The lowest BCUT2D eigenvalue weighted by molar-refractivity contribution is -0.153. The molecule has 9 heteroatoms. The highest BCUT2D eigenvalue weighted by Crippen LogP contribution is 2.42. The molecule has 0 aliphatic carbocycles. The molecule has 0 spiro atoms. The van der Waals surface area contributed by atoms with Crippen molar-refractivity contribution in [2.45, 2.75) is 36.8 Å². The number of carboxylic acid groups (broad SMARTS) is 1. The molecule has 37 heavy (non-hydrogen) atoms. The molecule has 2 heterocycles. The largest absolute Gasteiger partial charge is 0.497 e. The third-order valence-electron chi connectivity index (χ3n) is 7.26. The number of piperidine rings is 1. The van der Waals surface area contributed by atoms with Crippen molar-refractivity contribution in [1.29, 1.82) is 0 Å². The van der Waals surface area contributed by atoms with Crippen molar-refractivity contribution in [2.24, 2.45) is 5.41 Å². The quantitative estimate of drug-likeness (QED) is 0.270. The molecule has 3 aromatic rings. The van der Waals surface area contributed by atoms with E-state index in [9.17, 15) is 9.90 Å². The predicted octanol–water partition coefficient (Wildman–Crippen LogP) is 6.66. The van der Waals surface area contributed by atoms with Gasteiger partial charge >= 0.3 is 5.97 Å². The number of aromatic nitrogens is 1. The van der Waals surface area contributed by atoms with E-state index in [-0.39, 0.29) is 17.9 Å². The van der Waals surface area contributed by atoms with Crippen LogP contribution in [0.5, 0.6) is 11.5 Å². The van der Waals surface area contributed by atoms with Gasteiger partial charge in [0.15, 0.2) is 0 Å². The number of thioether (sulfide) groups is 1. The van der Waals surface area contributed by atoms with Crippen LogP contribution in [0, 0.1) is 5.41 Å². The van der Waals surface area contributed by atoms with Gasteiger partial charge in [-0.2, -0.15) is 0 Å². The van der Waals surface area contributed by atoms with Crippen LogP contribution in [-0.4, -0.2) is 60.6 Å². The van der Waals surface area contributed by atoms with E-state index in [1.165, 1.54) is 11.1 Å². The van der Waals surface area contributed by atoms with E-state index >= 15 is 4.39 Å². The lowest BCUT2D eigenvalue weighted by atomic mass is 9.74. The number of pyridine rings is 1. The summed E-state index contributed by atoms with van der Waals surface area (Å²) >= 11 is 8.13. The number of halogens is 2. The van der Waals surface area contributed by atoms with Crippen molar-refractivity contribution in [1.82, 2.24) is 9.88 Å². The summed E-state index contributed by atoms with van der Waals surface area (Å²) in [5.41, 5.74) is 0.0347. The minimum absolute atomic E-state index is 0.0790. The Balaban J connectivity index is 1.35. The molecule has 0 radical (unpaired) electrons. The van der Waals surface area contributed by atoms with Crippen LogP contribution in [0.3, 0.4) is 0 Å². The molecule has 4 rings (SSSR count). The van der Waals surface area contributed by atoms with Crippen LogP contribution in [-0.2, 0) is 4.79 Å². The van der Waals surface area contributed by atoms with Gasteiger partial charge in [0, 0.05) is 34.3 Å². The number of carboxylic acids is 1. The average molecular weight is 547 g/mol. The molecule has 1 fully saturated rings. The molecule has 1 atom stereocenters. The minimum atomic E-state index is -1.40. The third-order valence-corrected chi connectivity index (χ3v) is 8.55. The normalized spacial score (nSPS) is 16.4. The summed E-state index contributed by atoms with van der Waals surface area (Å²) in [5.74, 6) is 1.49. The summed E-state index contributed by atoms with van der Waals surface area (Å²) in [4.78, 5) is 20.1. The van der Waals surface area contributed by atoms with Gasteiger partial charge in [-0.05, 0) is 81.2 Å². The van der Waals surface area contributed by atoms with Crippen molar-refractivity contribution < 1.29 is 23.8 Å². The number of alkyl halides is 1. The Kier molecular flexibility index (Phi) is 9.16. The van der Waals surface area contributed by atoms with Gasteiger partial charge in [-0.3, -0.25) is 9.78 Å². The first-order chi connectivity index (χ1) is 17.8. The Labute approximate surface area is 226 Å². The molecule has 1 N–H and O–H groups in total. The number of likely N-dealkylation sites (tertiary alicyclic amines) is 1. The van der Waals surface area contributed by atoms with Crippen LogP contribution in [0.15, 0.2) is 53.6 Å². The summed E-state index contributed by atoms with van der Waals surface area (Å²) in [6.07, 6.45) is 1.38. The van der Waals surface area contributed by atoms with Crippen LogP contribution < -0.4 is 9.47 Å². The summed E-state index contributed by atoms with van der Waals surface area (Å²) in [7, 11) is 3.20. The van der Waals surface area contributed by atoms with Gasteiger partial charge in [0.1, 0.15) is 17.7 Å². The van der Waals surface area contributed by atoms with E-state index in [4.69, 9.17) is 21.1 Å². The number of aliphatic carboxylic acids is 1. The number of methoxy groups -OCH3 is 2. The molecule has 198 valence electrons. The Hall–Kier alpha value is -2.55. The van der Waals surface area contributed by atoms with Crippen LogP contribution >= 0.6 is 23.4 Å². The molecule has 1 aliphatic heterocycles. The van der Waals surface area contributed by atoms with Crippen LogP contribution in [0.1, 0.15) is 37.4 Å². The first-order valence-electron chi connectivity index (χ1n) is 12.3. The minimum Gasteiger partial charge on any atom is -0.497 e. The fourth-order valence-electron chi connectivity index (χ4n) is 4.90. The number of hydrogen-bond donors (Lipinski definition) is 1. The van der Waals surface area contributed by atoms with E-state index in [0.29, 0.717) is 48.1 Å². The van der Waals surface area contributed by atoms with Crippen molar-refractivity contribution in [3.63, 3.8) is 0 Å². The maximum Gasteiger partial charge on any atom is 0.309 e.